The van der Waals surface area contributed by atoms with Crippen LogP contribution in [0.15, 0.2) is 54.6 Å². The number of nitrogens with one attached hydrogen (secondary N) is 2. The van der Waals surface area contributed by atoms with E-state index in [2.05, 4.69) is 10.6 Å². The molecule has 4 nitrogen and oxygen atoms in total. The van der Waals surface area contributed by atoms with E-state index < -0.39 is 12.8 Å². The van der Waals surface area contributed by atoms with Gasteiger partial charge in [0, 0.05) is 6.54 Å². The highest BCUT2D eigenvalue weighted by Crippen LogP contribution is 2.21. The van der Waals surface area contributed by atoms with E-state index in [9.17, 15) is 18.0 Å². The molecule has 7 heteroatoms. The van der Waals surface area contributed by atoms with Crippen LogP contribution >= 0.6 is 0 Å². The molecule has 0 aliphatic heterocycles. The van der Waals surface area contributed by atoms with Crippen molar-refractivity contribution in [2.75, 3.05) is 6.61 Å². The third kappa shape index (κ3) is 7.21. The first-order valence-corrected chi connectivity index (χ1v) is 8.62. The Bertz CT molecular complexity index is 734. The molecule has 0 aliphatic carbocycles. The van der Waals surface area contributed by atoms with E-state index in [0.717, 1.165) is 5.56 Å². The van der Waals surface area contributed by atoms with E-state index in [1.807, 2.05) is 44.2 Å². The van der Waals surface area contributed by atoms with Crippen molar-refractivity contribution in [3.63, 3.8) is 0 Å². The first-order chi connectivity index (χ1) is 12.7. The van der Waals surface area contributed by atoms with Gasteiger partial charge in [0.15, 0.2) is 6.61 Å². The summed E-state index contributed by atoms with van der Waals surface area (Å²) < 4.78 is 41.4. The maximum atomic E-state index is 12.2. The van der Waals surface area contributed by atoms with Gasteiger partial charge in [-0.2, -0.15) is 13.2 Å². The number of carbonyl (C=O) groups is 1. The van der Waals surface area contributed by atoms with Crippen molar-refractivity contribution >= 4 is 6.03 Å². The van der Waals surface area contributed by atoms with Gasteiger partial charge in [-0.1, -0.05) is 56.3 Å². The third-order valence-electron chi connectivity index (χ3n) is 3.87. The van der Waals surface area contributed by atoms with Gasteiger partial charge in [0.05, 0.1) is 6.04 Å². The zero-order valence-corrected chi connectivity index (χ0v) is 15.2. The van der Waals surface area contributed by atoms with E-state index in [1.54, 1.807) is 12.1 Å². The van der Waals surface area contributed by atoms with Gasteiger partial charge in [-0.3, -0.25) is 0 Å². The number of alkyl halides is 3. The number of hydrogen-bond donors (Lipinski definition) is 2. The number of halogens is 3. The van der Waals surface area contributed by atoms with E-state index in [4.69, 9.17) is 4.74 Å². The van der Waals surface area contributed by atoms with Crippen LogP contribution in [0.4, 0.5) is 18.0 Å². The summed E-state index contributed by atoms with van der Waals surface area (Å²) in [6, 6.07) is 15.4. The number of ether oxygens (including phenoxy) is 1. The summed E-state index contributed by atoms with van der Waals surface area (Å²) in [6.45, 7) is 2.85. The largest absolute Gasteiger partial charge is 0.484 e. The molecular weight excluding hydrogens is 357 g/mol. The number of hydrogen-bond acceptors (Lipinski definition) is 2. The number of amides is 2. The Morgan fingerprint density at radius 1 is 1.07 bits per heavy atom. The Morgan fingerprint density at radius 2 is 1.78 bits per heavy atom. The maximum Gasteiger partial charge on any atom is 0.422 e. The number of rotatable bonds is 7. The normalized spacial score (nSPS) is 12.5. The van der Waals surface area contributed by atoms with Crippen LogP contribution in [0.2, 0.25) is 0 Å². The fourth-order valence-corrected chi connectivity index (χ4v) is 2.58. The molecule has 0 radical (unpaired) electrons. The predicted molar refractivity (Wildman–Crippen MR) is 97.4 cm³/mol. The highest BCUT2D eigenvalue weighted by Gasteiger charge is 2.28. The molecule has 0 bridgehead atoms. The van der Waals surface area contributed by atoms with E-state index in [1.165, 1.54) is 12.1 Å². The fraction of sp³-hybridized carbons (Fsp3) is 0.350. The van der Waals surface area contributed by atoms with Crippen LogP contribution in [0.3, 0.4) is 0 Å². The number of carbonyl (C=O) groups excluding carboxylic acids is 1. The lowest BCUT2D eigenvalue weighted by Crippen LogP contribution is -2.39. The standard InChI is InChI=1S/C20H23F3N2O2/c1-14(2)18(16-8-4-3-5-9-16)25-19(26)24-12-15-7-6-10-17(11-15)27-13-20(21,22)23/h3-11,14,18H,12-13H2,1-2H3,(H2,24,25,26). The molecule has 0 aliphatic rings. The van der Waals surface area contributed by atoms with Crippen molar-refractivity contribution in [2.24, 2.45) is 5.92 Å². The molecule has 2 amide bonds. The van der Waals surface area contributed by atoms with Crippen molar-refractivity contribution in [3.05, 3.63) is 65.7 Å². The molecule has 2 N–H and O–H groups in total. The SMILES string of the molecule is CC(C)C(NC(=O)NCc1cccc(OCC(F)(F)F)c1)c1ccccc1. The molecule has 0 saturated heterocycles. The van der Waals surface area contributed by atoms with Gasteiger partial charge >= 0.3 is 12.2 Å². The summed E-state index contributed by atoms with van der Waals surface area (Å²) in [6.07, 6.45) is -4.39. The molecule has 1 atom stereocenters. The van der Waals surface area contributed by atoms with Gasteiger partial charge in [-0.15, -0.1) is 0 Å². The van der Waals surface area contributed by atoms with Gasteiger partial charge in [-0.05, 0) is 29.2 Å². The second-order valence-corrected chi connectivity index (χ2v) is 6.51. The molecule has 0 saturated carbocycles. The second kappa shape index (κ2) is 9.30. The Kier molecular flexibility index (Phi) is 7.10. The highest BCUT2D eigenvalue weighted by atomic mass is 19.4. The minimum absolute atomic E-state index is 0.108. The molecule has 0 fully saturated rings. The third-order valence-corrected chi connectivity index (χ3v) is 3.87. The summed E-state index contributed by atoms with van der Waals surface area (Å²) in [5, 5.41) is 5.66. The first kappa shape index (κ1) is 20.6. The predicted octanol–water partition coefficient (Wildman–Crippen LogP) is 4.82. The second-order valence-electron chi connectivity index (χ2n) is 6.51. The average molecular weight is 380 g/mol. The van der Waals surface area contributed by atoms with E-state index in [0.29, 0.717) is 5.56 Å². The molecule has 146 valence electrons. The molecule has 0 heterocycles. The van der Waals surface area contributed by atoms with Crippen molar-refractivity contribution in [3.8, 4) is 5.75 Å². The molecule has 0 aromatic heterocycles. The molecule has 2 aromatic carbocycles. The highest BCUT2D eigenvalue weighted by molar-refractivity contribution is 5.74. The Morgan fingerprint density at radius 3 is 2.41 bits per heavy atom. The first-order valence-electron chi connectivity index (χ1n) is 8.62. The van der Waals surface area contributed by atoms with Crippen molar-refractivity contribution in [2.45, 2.75) is 32.6 Å². The Labute approximate surface area is 156 Å². The van der Waals surface area contributed by atoms with Crippen LogP contribution in [-0.4, -0.2) is 18.8 Å². The van der Waals surface area contributed by atoms with Crippen molar-refractivity contribution < 1.29 is 22.7 Å². The van der Waals surface area contributed by atoms with Crippen LogP contribution in [0, 0.1) is 5.92 Å². The zero-order chi connectivity index (χ0) is 19.9. The van der Waals surface area contributed by atoms with Crippen LogP contribution in [-0.2, 0) is 6.54 Å². The van der Waals surface area contributed by atoms with E-state index in [-0.39, 0.29) is 30.3 Å². The van der Waals surface area contributed by atoms with Crippen LogP contribution in [0.1, 0.15) is 31.0 Å². The summed E-state index contributed by atoms with van der Waals surface area (Å²) in [4.78, 5) is 12.2. The van der Waals surface area contributed by atoms with Gasteiger partial charge in [0.1, 0.15) is 5.75 Å². The zero-order valence-electron chi connectivity index (χ0n) is 15.2. The smallest absolute Gasteiger partial charge is 0.422 e. The quantitative estimate of drug-likeness (QED) is 0.723. The lowest BCUT2D eigenvalue weighted by molar-refractivity contribution is -0.153. The number of urea groups is 1. The van der Waals surface area contributed by atoms with Crippen molar-refractivity contribution in [1.29, 1.82) is 0 Å². The van der Waals surface area contributed by atoms with Crippen LogP contribution < -0.4 is 15.4 Å². The van der Waals surface area contributed by atoms with Gasteiger partial charge in [-0.25, -0.2) is 4.79 Å². The van der Waals surface area contributed by atoms with Gasteiger partial charge in [0.25, 0.3) is 0 Å². The van der Waals surface area contributed by atoms with Crippen LogP contribution in [0.5, 0.6) is 5.75 Å². The Hall–Kier alpha value is -2.70. The lowest BCUT2D eigenvalue weighted by Gasteiger charge is -2.23. The summed E-state index contributed by atoms with van der Waals surface area (Å²) in [5.74, 6) is 0.300. The number of benzene rings is 2. The summed E-state index contributed by atoms with van der Waals surface area (Å²) in [7, 11) is 0. The van der Waals surface area contributed by atoms with Crippen LogP contribution in [0.25, 0.3) is 0 Å². The molecule has 1 unspecified atom stereocenters. The van der Waals surface area contributed by atoms with Crippen molar-refractivity contribution in [1.82, 2.24) is 10.6 Å². The topological polar surface area (TPSA) is 50.4 Å². The molecule has 27 heavy (non-hydrogen) atoms. The minimum Gasteiger partial charge on any atom is -0.484 e. The molecule has 0 spiro atoms. The lowest BCUT2D eigenvalue weighted by atomic mass is 9.96. The molecule has 2 rings (SSSR count). The van der Waals surface area contributed by atoms with E-state index >= 15 is 0 Å². The molecular formula is C20H23F3N2O2. The van der Waals surface area contributed by atoms with Gasteiger partial charge in [0.2, 0.25) is 0 Å². The Balaban J connectivity index is 1.91. The summed E-state index contributed by atoms with van der Waals surface area (Å²) in [5.41, 5.74) is 1.65. The molecule has 2 aromatic rings. The maximum absolute atomic E-state index is 12.2. The average Bonchev–Trinajstić information content (AvgIpc) is 2.63. The minimum atomic E-state index is -4.39. The monoisotopic (exact) mass is 380 g/mol. The fourth-order valence-electron chi connectivity index (χ4n) is 2.58. The van der Waals surface area contributed by atoms with Gasteiger partial charge < -0.3 is 15.4 Å². The summed E-state index contributed by atoms with van der Waals surface area (Å²) >= 11 is 0.